The number of ketones is 1. The SMILES string of the molecule is CCCCC1(N)NCCN(C(=O)c2cccc(C)c2C)C1C(=O)C(C)S. The van der Waals surface area contributed by atoms with Gasteiger partial charge in [-0.1, -0.05) is 31.9 Å². The number of piperazine rings is 1. The van der Waals surface area contributed by atoms with Crippen molar-refractivity contribution in [2.75, 3.05) is 13.1 Å². The Bertz CT molecular complexity index is 677. The summed E-state index contributed by atoms with van der Waals surface area (Å²) in [7, 11) is 0. The van der Waals surface area contributed by atoms with Crippen LogP contribution in [0.25, 0.3) is 0 Å². The van der Waals surface area contributed by atoms with E-state index in [9.17, 15) is 9.59 Å². The summed E-state index contributed by atoms with van der Waals surface area (Å²) in [6, 6.07) is 4.96. The Morgan fingerprint density at radius 2 is 2.12 bits per heavy atom. The number of carbonyl (C=O) groups is 2. The van der Waals surface area contributed by atoms with Gasteiger partial charge in [0.25, 0.3) is 5.91 Å². The third-order valence-electron chi connectivity index (χ3n) is 5.33. The maximum atomic E-state index is 13.3. The van der Waals surface area contributed by atoms with E-state index in [2.05, 4.69) is 24.9 Å². The van der Waals surface area contributed by atoms with Gasteiger partial charge in [0, 0.05) is 18.7 Å². The molecule has 1 fully saturated rings. The summed E-state index contributed by atoms with van der Waals surface area (Å²) in [5.74, 6) is -0.246. The van der Waals surface area contributed by atoms with Crippen LogP contribution in [-0.4, -0.2) is 46.6 Å². The van der Waals surface area contributed by atoms with Crippen molar-refractivity contribution in [3.8, 4) is 0 Å². The van der Waals surface area contributed by atoms with Crippen molar-refractivity contribution in [1.82, 2.24) is 10.2 Å². The molecule has 1 aromatic rings. The summed E-state index contributed by atoms with van der Waals surface area (Å²) in [6.45, 7) is 8.77. The van der Waals surface area contributed by atoms with E-state index in [1.807, 2.05) is 32.0 Å². The number of Topliss-reactive ketones (excluding diaryl/α,β-unsaturated/α-hetero) is 1. The molecule has 26 heavy (non-hydrogen) atoms. The van der Waals surface area contributed by atoms with E-state index < -0.39 is 17.0 Å². The summed E-state index contributed by atoms with van der Waals surface area (Å²) in [5.41, 5.74) is 8.35. The first-order valence-electron chi connectivity index (χ1n) is 9.35. The number of carbonyl (C=O) groups excluding carboxylic acids is 2. The molecule has 0 aliphatic carbocycles. The third kappa shape index (κ3) is 4.13. The first kappa shape index (κ1) is 20.9. The standard InChI is InChI=1S/C20H31N3O2S/c1-5-6-10-20(21)18(17(24)15(4)26)23(12-11-22-20)19(25)16-9-7-8-13(2)14(16)3/h7-9,15,18,22,26H,5-6,10-12,21H2,1-4H3. The van der Waals surface area contributed by atoms with Gasteiger partial charge in [-0.25, -0.2) is 0 Å². The van der Waals surface area contributed by atoms with Crippen molar-refractivity contribution < 1.29 is 9.59 Å². The van der Waals surface area contributed by atoms with Crippen molar-refractivity contribution in [3.63, 3.8) is 0 Å². The van der Waals surface area contributed by atoms with Crippen LogP contribution in [0.15, 0.2) is 18.2 Å². The summed E-state index contributed by atoms with van der Waals surface area (Å²) in [5, 5.41) is 2.82. The molecule has 2 rings (SSSR count). The molecule has 0 radical (unpaired) electrons. The molecule has 144 valence electrons. The Morgan fingerprint density at radius 3 is 2.73 bits per heavy atom. The van der Waals surface area contributed by atoms with Crippen LogP contribution in [0.3, 0.4) is 0 Å². The molecule has 1 aromatic carbocycles. The second-order valence-corrected chi connectivity index (χ2v) is 8.07. The maximum Gasteiger partial charge on any atom is 0.254 e. The van der Waals surface area contributed by atoms with Crippen LogP contribution in [0.4, 0.5) is 0 Å². The molecule has 0 bridgehead atoms. The molecule has 1 heterocycles. The lowest BCUT2D eigenvalue weighted by Gasteiger charge is -2.48. The van der Waals surface area contributed by atoms with Gasteiger partial charge in [-0.3, -0.25) is 14.9 Å². The summed E-state index contributed by atoms with van der Waals surface area (Å²) >= 11 is 4.33. The van der Waals surface area contributed by atoms with Gasteiger partial charge in [-0.05, 0) is 44.4 Å². The lowest BCUT2D eigenvalue weighted by Crippen LogP contribution is -2.75. The van der Waals surface area contributed by atoms with Gasteiger partial charge in [0.2, 0.25) is 0 Å². The summed E-state index contributed by atoms with van der Waals surface area (Å²) in [4.78, 5) is 28.0. The Hall–Kier alpha value is -1.37. The van der Waals surface area contributed by atoms with Crippen LogP contribution in [0.2, 0.25) is 0 Å². The fourth-order valence-electron chi connectivity index (χ4n) is 3.60. The van der Waals surface area contributed by atoms with E-state index in [0.717, 1.165) is 24.0 Å². The number of thiol groups is 1. The summed E-state index contributed by atoms with van der Waals surface area (Å²) in [6.07, 6.45) is 2.50. The fourth-order valence-corrected chi connectivity index (χ4v) is 3.74. The van der Waals surface area contributed by atoms with E-state index in [1.165, 1.54) is 0 Å². The predicted octanol–water partition coefficient (Wildman–Crippen LogP) is 2.45. The monoisotopic (exact) mass is 377 g/mol. The van der Waals surface area contributed by atoms with Crippen LogP contribution in [0.1, 0.15) is 54.6 Å². The molecular weight excluding hydrogens is 346 g/mol. The molecule has 6 heteroatoms. The van der Waals surface area contributed by atoms with Crippen LogP contribution < -0.4 is 11.1 Å². The Labute approximate surface area is 162 Å². The molecule has 3 atom stereocenters. The molecule has 0 spiro atoms. The number of hydrogen-bond acceptors (Lipinski definition) is 5. The molecule has 1 aliphatic rings. The zero-order chi connectivity index (χ0) is 19.5. The lowest BCUT2D eigenvalue weighted by molar-refractivity contribution is -0.127. The molecule has 1 amide bonds. The molecule has 1 aliphatic heterocycles. The quantitative estimate of drug-likeness (QED) is 0.666. The second-order valence-electron chi connectivity index (χ2n) is 7.30. The largest absolute Gasteiger partial charge is 0.324 e. The number of aryl methyl sites for hydroxylation is 1. The normalized spacial score (nSPS) is 24.4. The molecule has 0 aromatic heterocycles. The molecule has 3 unspecified atom stereocenters. The maximum absolute atomic E-state index is 13.3. The number of unbranched alkanes of at least 4 members (excludes halogenated alkanes) is 1. The van der Waals surface area contributed by atoms with Crippen LogP contribution in [0, 0.1) is 13.8 Å². The highest BCUT2D eigenvalue weighted by molar-refractivity contribution is 7.81. The number of amides is 1. The minimum absolute atomic E-state index is 0.113. The Kier molecular flexibility index (Phi) is 6.88. The van der Waals surface area contributed by atoms with Gasteiger partial charge < -0.3 is 10.6 Å². The van der Waals surface area contributed by atoms with Gasteiger partial charge >= 0.3 is 0 Å². The molecule has 5 nitrogen and oxygen atoms in total. The van der Waals surface area contributed by atoms with Crippen molar-refractivity contribution in [1.29, 1.82) is 0 Å². The van der Waals surface area contributed by atoms with Crippen LogP contribution >= 0.6 is 12.6 Å². The number of nitrogens with zero attached hydrogens (tertiary/aromatic N) is 1. The highest BCUT2D eigenvalue weighted by Crippen LogP contribution is 2.27. The Balaban J connectivity index is 2.44. The smallest absolute Gasteiger partial charge is 0.254 e. The van der Waals surface area contributed by atoms with Gasteiger partial charge in [0.15, 0.2) is 5.78 Å². The molecule has 0 saturated carbocycles. The number of benzene rings is 1. The minimum Gasteiger partial charge on any atom is -0.324 e. The van der Waals surface area contributed by atoms with Crippen LogP contribution in [0.5, 0.6) is 0 Å². The zero-order valence-corrected chi connectivity index (χ0v) is 17.1. The van der Waals surface area contributed by atoms with Crippen molar-refractivity contribution >= 4 is 24.3 Å². The van der Waals surface area contributed by atoms with E-state index in [-0.39, 0.29) is 11.7 Å². The lowest BCUT2D eigenvalue weighted by atomic mass is 9.86. The Morgan fingerprint density at radius 1 is 1.42 bits per heavy atom. The van der Waals surface area contributed by atoms with Gasteiger partial charge in [0.1, 0.15) is 6.04 Å². The first-order valence-corrected chi connectivity index (χ1v) is 9.87. The molecular formula is C20H31N3O2S. The number of rotatable bonds is 6. The zero-order valence-electron chi connectivity index (χ0n) is 16.2. The third-order valence-corrected chi connectivity index (χ3v) is 5.58. The van der Waals surface area contributed by atoms with Crippen molar-refractivity contribution in [3.05, 3.63) is 34.9 Å². The van der Waals surface area contributed by atoms with Crippen molar-refractivity contribution in [2.24, 2.45) is 5.73 Å². The van der Waals surface area contributed by atoms with Gasteiger partial charge in [-0.15, -0.1) is 0 Å². The van der Waals surface area contributed by atoms with Gasteiger partial charge in [0.05, 0.1) is 10.9 Å². The predicted molar refractivity (Wildman–Crippen MR) is 109 cm³/mol. The van der Waals surface area contributed by atoms with Crippen molar-refractivity contribution in [2.45, 2.75) is 63.9 Å². The average molecular weight is 378 g/mol. The van der Waals surface area contributed by atoms with E-state index >= 15 is 0 Å². The average Bonchev–Trinajstić information content (AvgIpc) is 2.61. The topological polar surface area (TPSA) is 75.4 Å². The van der Waals surface area contributed by atoms with E-state index in [4.69, 9.17) is 5.73 Å². The highest BCUT2D eigenvalue weighted by Gasteiger charge is 2.48. The number of nitrogens with two attached hydrogens (primary N) is 1. The highest BCUT2D eigenvalue weighted by atomic mass is 32.1. The van der Waals surface area contributed by atoms with E-state index in [0.29, 0.717) is 25.1 Å². The van der Waals surface area contributed by atoms with E-state index in [1.54, 1.807) is 11.8 Å². The summed E-state index contributed by atoms with van der Waals surface area (Å²) < 4.78 is 0. The van der Waals surface area contributed by atoms with Crippen LogP contribution in [-0.2, 0) is 4.79 Å². The second kappa shape index (κ2) is 8.55. The van der Waals surface area contributed by atoms with Gasteiger partial charge in [-0.2, -0.15) is 12.6 Å². The number of nitrogens with one attached hydrogen (secondary N) is 1. The minimum atomic E-state index is -0.921. The number of hydrogen-bond donors (Lipinski definition) is 3. The molecule has 1 saturated heterocycles. The fraction of sp³-hybridized carbons (Fsp3) is 0.600. The first-order chi connectivity index (χ1) is 12.2. The molecule has 3 N–H and O–H groups in total.